The van der Waals surface area contributed by atoms with Gasteiger partial charge in [-0.2, -0.15) is 0 Å². The predicted octanol–water partition coefficient (Wildman–Crippen LogP) is 2.95. The lowest BCUT2D eigenvalue weighted by molar-refractivity contribution is -0.136. The second kappa shape index (κ2) is 15.5. The Balaban J connectivity index is 0.793. The molecular weight excluding hydrogens is 773 g/mol. The molecule has 4 heterocycles. The second-order valence-corrected chi connectivity index (χ2v) is 16.3. The number of piperidine rings is 1. The van der Waals surface area contributed by atoms with Crippen LogP contribution in [0.15, 0.2) is 59.8 Å². The van der Waals surface area contributed by atoms with Crippen LogP contribution in [-0.2, 0) is 32.8 Å². The lowest BCUT2D eigenvalue weighted by Crippen LogP contribution is -2.81. The first kappa shape index (κ1) is 40.2. The molecule has 1 saturated heterocycles. The number of unbranched alkanes of at least 4 members (excludes halogenated alkanes) is 1. The van der Waals surface area contributed by atoms with Gasteiger partial charge >= 0.3 is 0 Å². The molecule has 1 unspecified atom stereocenters. The Bertz CT molecular complexity index is 2510. The fraction of sp³-hybridized carbons (Fsp3) is 0.395. The smallest absolute Gasteiger partial charge is 0.264 e. The summed E-state index contributed by atoms with van der Waals surface area (Å²) in [6, 6.07) is 9.50. The van der Waals surface area contributed by atoms with E-state index in [1.165, 1.54) is 4.57 Å². The monoisotopic (exact) mass is 818 g/mol. The van der Waals surface area contributed by atoms with Crippen molar-refractivity contribution in [1.29, 1.82) is 0 Å². The van der Waals surface area contributed by atoms with Crippen molar-refractivity contribution in [3.05, 3.63) is 82.0 Å². The first-order valence-electron chi connectivity index (χ1n) is 19.9. The van der Waals surface area contributed by atoms with E-state index < -0.39 is 29.7 Å². The lowest BCUT2D eigenvalue weighted by Gasteiger charge is -2.70. The fourth-order valence-electron chi connectivity index (χ4n) is 9.27. The number of anilines is 1. The number of pyridine rings is 2. The van der Waals surface area contributed by atoms with Crippen molar-refractivity contribution in [3.63, 3.8) is 0 Å². The number of nitrogens with zero attached hydrogens (tertiary/aromatic N) is 4. The van der Waals surface area contributed by atoms with Crippen LogP contribution in [0.5, 0.6) is 11.5 Å². The summed E-state index contributed by atoms with van der Waals surface area (Å²) in [4.78, 5) is 94.5. The van der Waals surface area contributed by atoms with Crippen LogP contribution in [0.2, 0.25) is 0 Å². The third-order valence-corrected chi connectivity index (χ3v) is 12.0. The number of imide groups is 2. The third kappa shape index (κ3) is 7.22. The van der Waals surface area contributed by atoms with E-state index in [0.717, 1.165) is 27.0 Å². The summed E-state index contributed by atoms with van der Waals surface area (Å²) in [5.74, 6) is -1.41. The lowest BCUT2D eigenvalue weighted by atomic mass is 9.44. The number of amides is 6. The molecule has 6 amide bonds. The highest BCUT2D eigenvalue weighted by Gasteiger charge is 2.69. The van der Waals surface area contributed by atoms with Crippen LogP contribution < -0.4 is 36.4 Å². The number of hydrazine groups is 1. The highest BCUT2D eigenvalue weighted by molar-refractivity contribution is 6.25. The van der Waals surface area contributed by atoms with E-state index in [4.69, 9.17) is 9.47 Å². The Labute approximate surface area is 344 Å². The van der Waals surface area contributed by atoms with Crippen LogP contribution in [0, 0.1) is 0 Å². The average Bonchev–Trinajstić information content (AvgIpc) is 3.45. The number of benzene rings is 2. The van der Waals surface area contributed by atoms with Gasteiger partial charge in [-0.3, -0.25) is 54.2 Å². The number of carbonyl (C=O) groups excluding carboxylic acids is 6. The van der Waals surface area contributed by atoms with Gasteiger partial charge < -0.3 is 24.7 Å². The van der Waals surface area contributed by atoms with E-state index >= 15 is 0 Å². The molecule has 4 N–H and O–H groups in total. The number of aryl methyl sites for hydroxylation is 1. The van der Waals surface area contributed by atoms with E-state index in [1.807, 2.05) is 12.1 Å². The molecule has 9 rings (SSSR count). The molecule has 4 aromatic rings. The number of carbonyl (C=O) groups is 6. The zero-order chi connectivity index (χ0) is 42.5. The highest BCUT2D eigenvalue weighted by atomic mass is 16.5. The van der Waals surface area contributed by atoms with Gasteiger partial charge in [0.25, 0.3) is 17.4 Å². The summed E-state index contributed by atoms with van der Waals surface area (Å²) in [6.07, 6.45) is 8.59. The number of methoxy groups -OCH3 is 2. The summed E-state index contributed by atoms with van der Waals surface area (Å²) >= 11 is 0. The number of nitrogens with one attached hydrogen (secondary N) is 4. The Morgan fingerprint density at radius 2 is 1.62 bits per heavy atom. The maximum Gasteiger partial charge on any atom is 0.264 e. The van der Waals surface area contributed by atoms with Crippen LogP contribution in [0.3, 0.4) is 0 Å². The maximum atomic E-state index is 13.5. The Morgan fingerprint density at radius 1 is 0.917 bits per heavy atom. The van der Waals surface area contributed by atoms with Crippen molar-refractivity contribution >= 4 is 51.9 Å². The van der Waals surface area contributed by atoms with Gasteiger partial charge in [-0.25, -0.2) is 5.01 Å². The van der Waals surface area contributed by atoms with Crippen LogP contribution in [-0.4, -0.2) is 93.3 Å². The topological polar surface area (TPSA) is 210 Å². The van der Waals surface area contributed by atoms with E-state index in [-0.39, 0.29) is 71.8 Å². The standard InChI is InChI=1S/C43H46N8O9/c1-49-19-28(25-14-15-44-18-27(25)39(49)56)24-16-32(59-3)29(33(17-24)60-4)20-50(2)48-36(54)11-6-5-10-35(53)47-43-21-42(22-43,23-43)46-30-9-7-8-26-37(30)41(58)51(40(26)57)31-12-13-34(52)45-38(31)55/h7-9,14-19,31,46H,5-6,10-13,20-23H2,1-4H3,(H,47,53)(H,48,54)(H,45,52,55). The van der Waals surface area contributed by atoms with Crippen molar-refractivity contribution in [2.24, 2.45) is 7.05 Å². The number of rotatable bonds is 15. The van der Waals surface area contributed by atoms with E-state index in [9.17, 15) is 33.6 Å². The minimum absolute atomic E-state index is 0.0443. The molecule has 5 aliphatic rings. The minimum atomic E-state index is -1.04. The Morgan fingerprint density at radius 3 is 2.30 bits per heavy atom. The highest BCUT2D eigenvalue weighted by Crippen LogP contribution is 2.62. The quantitative estimate of drug-likeness (QED) is 0.0776. The first-order valence-corrected chi connectivity index (χ1v) is 19.9. The molecule has 3 saturated carbocycles. The molecule has 0 spiro atoms. The number of aromatic nitrogens is 2. The molecule has 2 aromatic carbocycles. The van der Waals surface area contributed by atoms with Gasteiger partial charge in [0, 0.05) is 74.3 Å². The van der Waals surface area contributed by atoms with Crippen LogP contribution >= 0.6 is 0 Å². The molecular formula is C43H46N8O9. The van der Waals surface area contributed by atoms with Crippen LogP contribution in [0.25, 0.3) is 21.9 Å². The van der Waals surface area contributed by atoms with Crippen molar-refractivity contribution in [1.82, 2.24) is 35.5 Å². The average molecular weight is 819 g/mol. The summed E-state index contributed by atoms with van der Waals surface area (Å²) in [5.41, 5.74) is 5.32. The normalized spacial score (nSPS) is 21.6. The Kier molecular flexibility index (Phi) is 10.4. The van der Waals surface area contributed by atoms with Crippen molar-refractivity contribution in [2.45, 2.75) is 81.5 Å². The minimum Gasteiger partial charge on any atom is -0.496 e. The summed E-state index contributed by atoms with van der Waals surface area (Å²) in [5, 5.41) is 11.7. The van der Waals surface area contributed by atoms with Crippen LogP contribution in [0.1, 0.15) is 84.1 Å². The van der Waals surface area contributed by atoms with Crippen LogP contribution in [0.4, 0.5) is 5.69 Å². The van der Waals surface area contributed by atoms with Crippen molar-refractivity contribution in [3.8, 4) is 22.6 Å². The molecule has 1 atom stereocenters. The molecule has 4 fully saturated rings. The second-order valence-electron chi connectivity index (χ2n) is 16.3. The van der Waals surface area contributed by atoms with Gasteiger partial charge in [-0.1, -0.05) is 6.07 Å². The van der Waals surface area contributed by atoms with Gasteiger partial charge in [0.2, 0.25) is 23.6 Å². The third-order valence-electron chi connectivity index (χ3n) is 12.0. The fourth-order valence-corrected chi connectivity index (χ4v) is 9.27. The van der Waals surface area contributed by atoms with Crippen molar-refractivity contribution < 1.29 is 38.2 Å². The van der Waals surface area contributed by atoms with E-state index in [0.29, 0.717) is 54.7 Å². The number of ether oxygens (including phenoxy) is 2. The van der Waals surface area contributed by atoms with Gasteiger partial charge in [-0.05, 0) is 79.8 Å². The number of hydrogen-bond donors (Lipinski definition) is 4. The SMILES string of the molecule is COc1cc(-c2cn(C)c(=O)c3cnccc23)cc(OC)c1CN(C)NC(=O)CCCCC(=O)NC12CC(Nc3cccc4c3C(=O)N(C3CCC(=O)NC3=O)C4=O)(C1)C2. The molecule has 60 heavy (non-hydrogen) atoms. The molecule has 17 nitrogen and oxygen atoms in total. The van der Waals surface area contributed by atoms with Gasteiger partial charge in [0.15, 0.2) is 0 Å². The van der Waals surface area contributed by atoms with Gasteiger partial charge in [0.05, 0.1) is 42.8 Å². The number of hydrogen-bond acceptors (Lipinski definition) is 12. The molecule has 2 bridgehead atoms. The van der Waals surface area contributed by atoms with E-state index in [1.54, 1.807) is 76.2 Å². The van der Waals surface area contributed by atoms with Gasteiger partial charge in [0.1, 0.15) is 17.5 Å². The molecule has 17 heteroatoms. The van der Waals surface area contributed by atoms with Crippen molar-refractivity contribution in [2.75, 3.05) is 26.6 Å². The maximum absolute atomic E-state index is 13.5. The largest absolute Gasteiger partial charge is 0.496 e. The molecule has 312 valence electrons. The molecule has 2 aliphatic heterocycles. The Hall–Kier alpha value is -6.62. The molecule has 3 aliphatic carbocycles. The first-order chi connectivity index (χ1) is 28.7. The molecule has 2 aromatic heterocycles. The van der Waals surface area contributed by atoms with E-state index in [2.05, 4.69) is 26.4 Å². The number of fused-ring (bicyclic) bond motifs is 2. The summed E-state index contributed by atoms with van der Waals surface area (Å²) in [7, 11) is 6.56. The summed E-state index contributed by atoms with van der Waals surface area (Å²) < 4.78 is 13.1. The predicted molar refractivity (Wildman–Crippen MR) is 218 cm³/mol. The zero-order valence-electron chi connectivity index (χ0n) is 33.8. The van der Waals surface area contributed by atoms with Gasteiger partial charge in [-0.15, -0.1) is 0 Å². The molecule has 0 radical (unpaired) electrons. The summed E-state index contributed by atoms with van der Waals surface area (Å²) in [6.45, 7) is 0.277. The zero-order valence-corrected chi connectivity index (χ0v) is 33.8.